The van der Waals surface area contributed by atoms with Gasteiger partial charge in [0.05, 0.1) is 23.6 Å². The first kappa shape index (κ1) is 23.3. The van der Waals surface area contributed by atoms with E-state index in [9.17, 15) is 14.4 Å². The summed E-state index contributed by atoms with van der Waals surface area (Å²) >= 11 is 3.31. The van der Waals surface area contributed by atoms with E-state index in [1.807, 2.05) is 0 Å². The van der Waals surface area contributed by atoms with Crippen molar-refractivity contribution in [1.82, 2.24) is 24.4 Å². The summed E-state index contributed by atoms with van der Waals surface area (Å²) in [7, 11) is 1.31. The number of nitrogens with two attached hydrogens (primary N) is 1. The number of aromatic nitrogens is 4. The number of carbonyl (C=O) groups excluding carboxylic acids is 3. The van der Waals surface area contributed by atoms with Crippen LogP contribution in [0.2, 0.25) is 0 Å². The first-order valence-electron chi connectivity index (χ1n) is 11.7. The van der Waals surface area contributed by atoms with E-state index in [4.69, 9.17) is 10.5 Å². The minimum absolute atomic E-state index is 0.0251. The van der Waals surface area contributed by atoms with Gasteiger partial charge in [-0.15, -0.1) is 0 Å². The second kappa shape index (κ2) is 8.80. The van der Waals surface area contributed by atoms with Crippen LogP contribution in [-0.4, -0.2) is 61.4 Å². The highest BCUT2D eigenvalue weighted by Crippen LogP contribution is 2.48. The fourth-order valence-electron chi connectivity index (χ4n) is 5.29. The summed E-state index contributed by atoms with van der Waals surface area (Å²) in [6, 6.07) is 9.71. The summed E-state index contributed by atoms with van der Waals surface area (Å²) in [4.78, 5) is 53.6. The summed E-state index contributed by atoms with van der Waals surface area (Å²) in [6.45, 7) is -0.0801. The van der Waals surface area contributed by atoms with Crippen LogP contribution < -0.4 is 11.1 Å². The molecule has 1 aliphatic carbocycles. The van der Waals surface area contributed by atoms with Crippen molar-refractivity contribution < 1.29 is 19.1 Å². The van der Waals surface area contributed by atoms with Crippen LogP contribution in [0.4, 0.5) is 11.6 Å². The minimum Gasteiger partial charge on any atom is -0.465 e. The fraction of sp³-hybridized carbons (Fsp3) is 0.280. The van der Waals surface area contributed by atoms with Gasteiger partial charge < -0.3 is 25.3 Å². The van der Waals surface area contributed by atoms with Gasteiger partial charge in [0.1, 0.15) is 40.8 Å². The molecule has 188 valence electrons. The topological polar surface area (TPSA) is 145 Å². The number of ether oxygens (including phenoxy) is 1. The van der Waals surface area contributed by atoms with E-state index >= 15 is 0 Å². The maximum absolute atomic E-state index is 13.8. The second-order valence-electron chi connectivity index (χ2n) is 9.22. The molecule has 12 heteroatoms. The molecule has 0 radical (unpaired) electrons. The van der Waals surface area contributed by atoms with Crippen molar-refractivity contribution in [2.45, 2.75) is 31.5 Å². The van der Waals surface area contributed by atoms with Crippen molar-refractivity contribution in [3.63, 3.8) is 0 Å². The third-order valence-corrected chi connectivity index (χ3v) is 7.49. The molecule has 1 saturated heterocycles. The number of nitrogens with one attached hydrogen (secondary N) is 1. The Balaban J connectivity index is 1.35. The van der Waals surface area contributed by atoms with Gasteiger partial charge in [-0.2, -0.15) is 0 Å². The van der Waals surface area contributed by atoms with Crippen LogP contribution in [0.3, 0.4) is 0 Å². The maximum Gasteiger partial charge on any atom is 0.337 e. The molecule has 0 bridgehead atoms. The van der Waals surface area contributed by atoms with Gasteiger partial charge in [-0.05, 0) is 59.0 Å². The average molecular weight is 564 g/mol. The monoisotopic (exact) mass is 563 g/mol. The molecule has 6 rings (SSSR count). The SMILES string of the molecule is COC(=O)c1ccc2c3c(N)ncnc3n(CC(=O)N3[C@@H]4C[C@@H]4C[C@H]3C(=O)Nc3cccc(Br)n3)c2c1. The number of piperidine rings is 1. The third-order valence-electron chi connectivity index (χ3n) is 7.05. The molecule has 2 amide bonds. The zero-order chi connectivity index (χ0) is 25.8. The van der Waals surface area contributed by atoms with Crippen LogP contribution in [0.15, 0.2) is 47.3 Å². The second-order valence-corrected chi connectivity index (χ2v) is 10.0. The molecular formula is C25H22BrN7O4. The Bertz CT molecular complexity index is 1600. The Hall–Kier alpha value is -4.06. The number of amides is 2. The predicted molar refractivity (Wildman–Crippen MR) is 138 cm³/mol. The standard InChI is InChI=1S/C25H22BrN7O4/c1-37-25(36)12-5-6-14-16(7-12)32(23-21(14)22(27)28-11-29-23)10-20(34)33-15-8-13(15)9-17(33)24(35)31-19-4-2-3-18(26)30-19/h2-7,11,13,15,17H,8-10H2,1H3,(H2,27,28,29)(H,30,31,35)/t13-,15-,17+/m1/s1. The number of benzene rings is 1. The van der Waals surface area contributed by atoms with Gasteiger partial charge >= 0.3 is 5.97 Å². The van der Waals surface area contributed by atoms with Crippen molar-refractivity contribution in [2.24, 2.45) is 5.92 Å². The average Bonchev–Trinajstić information content (AvgIpc) is 3.43. The number of methoxy groups -OCH3 is 1. The number of rotatable bonds is 5. The van der Waals surface area contributed by atoms with Gasteiger partial charge in [0.15, 0.2) is 0 Å². The first-order valence-corrected chi connectivity index (χ1v) is 12.5. The Kier molecular flexibility index (Phi) is 5.55. The van der Waals surface area contributed by atoms with Crippen molar-refractivity contribution in [1.29, 1.82) is 0 Å². The molecule has 2 aliphatic rings. The molecule has 2 fully saturated rings. The zero-order valence-electron chi connectivity index (χ0n) is 19.7. The van der Waals surface area contributed by atoms with E-state index in [1.54, 1.807) is 45.9 Å². The molecule has 3 N–H and O–H groups in total. The molecular weight excluding hydrogens is 542 g/mol. The van der Waals surface area contributed by atoms with Crippen molar-refractivity contribution in [2.75, 3.05) is 18.2 Å². The molecule has 4 heterocycles. The Morgan fingerprint density at radius 2 is 2.03 bits per heavy atom. The van der Waals surface area contributed by atoms with Crippen LogP contribution in [0, 0.1) is 5.92 Å². The molecule has 3 atom stereocenters. The summed E-state index contributed by atoms with van der Waals surface area (Å²) in [5.41, 5.74) is 7.58. The molecule has 1 aromatic carbocycles. The van der Waals surface area contributed by atoms with Gasteiger partial charge in [0, 0.05) is 11.4 Å². The molecule has 4 aromatic rings. The van der Waals surface area contributed by atoms with Crippen LogP contribution in [0.25, 0.3) is 21.9 Å². The van der Waals surface area contributed by atoms with Crippen molar-refractivity contribution >= 4 is 67.3 Å². The number of nitrogens with zero attached hydrogens (tertiary/aromatic N) is 5. The van der Waals surface area contributed by atoms with Crippen LogP contribution in [0.1, 0.15) is 23.2 Å². The number of anilines is 2. The predicted octanol–water partition coefficient (Wildman–Crippen LogP) is 2.74. The Labute approximate surface area is 219 Å². The quantitative estimate of drug-likeness (QED) is 0.278. The smallest absolute Gasteiger partial charge is 0.337 e. The van der Waals surface area contributed by atoms with Gasteiger partial charge in [-0.25, -0.2) is 19.7 Å². The maximum atomic E-state index is 13.8. The molecule has 1 aliphatic heterocycles. The zero-order valence-corrected chi connectivity index (χ0v) is 21.3. The summed E-state index contributed by atoms with van der Waals surface area (Å²) in [5, 5.41) is 4.15. The van der Waals surface area contributed by atoms with Gasteiger partial charge in [0.2, 0.25) is 11.8 Å². The minimum atomic E-state index is -0.601. The summed E-state index contributed by atoms with van der Waals surface area (Å²) in [5.74, 6) is 0.00534. The van der Waals surface area contributed by atoms with E-state index in [-0.39, 0.29) is 30.2 Å². The normalized spacial score (nSPS) is 20.2. The van der Waals surface area contributed by atoms with Gasteiger partial charge in [0.25, 0.3) is 0 Å². The Morgan fingerprint density at radius 1 is 1.19 bits per heavy atom. The number of carbonyl (C=O) groups is 3. The number of nitrogen functional groups attached to an aromatic ring is 1. The lowest BCUT2D eigenvalue weighted by molar-refractivity contribution is -0.138. The number of fused-ring (bicyclic) bond motifs is 4. The van der Waals surface area contributed by atoms with E-state index in [0.717, 1.165) is 6.42 Å². The molecule has 1 saturated carbocycles. The van der Waals surface area contributed by atoms with Gasteiger partial charge in [-0.3, -0.25) is 9.59 Å². The Morgan fingerprint density at radius 3 is 2.81 bits per heavy atom. The largest absolute Gasteiger partial charge is 0.465 e. The van der Waals surface area contributed by atoms with E-state index in [1.165, 1.54) is 13.4 Å². The van der Waals surface area contributed by atoms with E-state index in [0.29, 0.717) is 50.3 Å². The third kappa shape index (κ3) is 3.97. The van der Waals surface area contributed by atoms with E-state index in [2.05, 4.69) is 36.2 Å². The number of esters is 1. The lowest BCUT2D eigenvalue weighted by Gasteiger charge is -2.27. The molecule has 0 unspecified atom stereocenters. The number of hydrogen-bond acceptors (Lipinski definition) is 8. The molecule has 3 aromatic heterocycles. The van der Waals surface area contributed by atoms with Crippen LogP contribution >= 0.6 is 15.9 Å². The van der Waals surface area contributed by atoms with Crippen molar-refractivity contribution in [3.05, 3.63) is 52.9 Å². The molecule has 0 spiro atoms. The summed E-state index contributed by atoms with van der Waals surface area (Å²) in [6.07, 6.45) is 2.82. The highest BCUT2D eigenvalue weighted by atomic mass is 79.9. The molecule has 11 nitrogen and oxygen atoms in total. The van der Waals surface area contributed by atoms with Crippen molar-refractivity contribution in [3.8, 4) is 0 Å². The highest BCUT2D eigenvalue weighted by Gasteiger charge is 2.56. The van der Waals surface area contributed by atoms with E-state index < -0.39 is 12.0 Å². The molecule has 37 heavy (non-hydrogen) atoms. The lowest BCUT2D eigenvalue weighted by Crippen LogP contribution is -2.46. The number of halogens is 1. The van der Waals surface area contributed by atoms with Gasteiger partial charge in [-0.1, -0.05) is 12.1 Å². The van der Waals surface area contributed by atoms with Crippen LogP contribution in [0.5, 0.6) is 0 Å². The number of likely N-dealkylation sites (tertiary alicyclic amines) is 1. The fourth-order valence-corrected chi connectivity index (χ4v) is 5.63. The lowest BCUT2D eigenvalue weighted by atomic mass is 10.1. The number of pyridine rings is 1. The number of hydrogen-bond donors (Lipinski definition) is 2. The first-order chi connectivity index (χ1) is 17.9. The highest BCUT2D eigenvalue weighted by molar-refractivity contribution is 9.10. The summed E-state index contributed by atoms with van der Waals surface area (Å²) < 4.78 is 7.20. The van der Waals surface area contributed by atoms with Crippen LogP contribution in [-0.2, 0) is 20.9 Å².